The molecule has 3 N–H and O–H groups in total. The van der Waals surface area contributed by atoms with Crippen LogP contribution in [0.25, 0.3) is 0 Å². The third-order valence-electron chi connectivity index (χ3n) is 4.35. The lowest BCUT2D eigenvalue weighted by Gasteiger charge is -2.52. The second-order valence-corrected chi connectivity index (χ2v) is 5.99. The highest BCUT2D eigenvalue weighted by atomic mass is 16.5. The van der Waals surface area contributed by atoms with Crippen LogP contribution in [0.1, 0.15) is 37.6 Å². The molecule has 0 spiro atoms. The van der Waals surface area contributed by atoms with Gasteiger partial charge >= 0.3 is 5.97 Å². The van der Waals surface area contributed by atoms with Crippen LogP contribution in [0.15, 0.2) is 18.2 Å². The Morgan fingerprint density at radius 3 is 2.71 bits per heavy atom. The Hall–Kier alpha value is -1.75. The molecule has 0 amide bonds. The Bertz CT molecular complexity index is 528. The summed E-state index contributed by atoms with van der Waals surface area (Å²) in [4.78, 5) is 11.5. The first-order valence-electron chi connectivity index (χ1n) is 7.26. The van der Waals surface area contributed by atoms with Gasteiger partial charge in [0.25, 0.3) is 0 Å². The number of carbonyl (C=O) groups excluding carboxylic acids is 1. The molecule has 1 aliphatic rings. The molecule has 0 bridgehead atoms. The molecule has 1 aromatic rings. The molecule has 2 unspecified atom stereocenters. The van der Waals surface area contributed by atoms with Gasteiger partial charge in [0.2, 0.25) is 0 Å². The molecule has 1 aromatic carbocycles. The molecule has 5 heteroatoms. The zero-order chi connectivity index (χ0) is 15.6. The van der Waals surface area contributed by atoms with E-state index in [1.807, 2.05) is 13.0 Å². The van der Waals surface area contributed by atoms with Crippen LogP contribution in [-0.2, 0) is 9.47 Å². The predicted molar refractivity (Wildman–Crippen MR) is 83.4 cm³/mol. The van der Waals surface area contributed by atoms with E-state index in [4.69, 9.17) is 10.5 Å². The second kappa shape index (κ2) is 5.93. The van der Waals surface area contributed by atoms with Crippen LogP contribution in [0.4, 0.5) is 11.4 Å². The number of nitrogen functional groups attached to an aromatic ring is 1. The first-order chi connectivity index (χ1) is 9.90. The van der Waals surface area contributed by atoms with Crippen LogP contribution in [0.2, 0.25) is 0 Å². The minimum absolute atomic E-state index is 0.0590. The van der Waals surface area contributed by atoms with Gasteiger partial charge in [0, 0.05) is 18.1 Å². The van der Waals surface area contributed by atoms with Crippen LogP contribution >= 0.6 is 0 Å². The first-order valence-corrected chi connectivity index (χ1v) is 7.26. The van der Waals surface area contributed by atoms with E-state index >= 15 is 0 Å². The maximum Gasteiger partial charge on any atom is 0.337 e. The SMILES string of the molecule is CCOC1CC(Nc2ccc(C(=O)OC)cc2N)C1(C)C. The summed E-state index contributed by atoms with van der Waals surface area (Å²) in [6, 6.07) is 5.49. The van der Waals surface area contributed by atoms with Gasteiger partial charge in [0.15, 0.2) is 0 Å². The second-order valence-electron chi connectivity index (χ2n) is 5.99. The molecule has 0 aliphatic heterocycles. The Morgan fingerprint density at radius 2 is 2.19 bits per heavy atom. The summed E-state index contributed by atoms with van der Waals surface area (Å²) in [7, 11) is 1.36. The smallest absolute Gasteiger partial charge is 0.337 e. The Kier molecular flexibility index (Phi) is 4.42. The van der Waals surface area contributed by atoms with Crippen LogP contribution in [0.5, 0.6) is 0 Å². The fourth-order valence-electron chi connectivity index (χ4n) is 2.74. The van der Waals surface area contributed by atoms with Crippen molar-refractivity contribution in [1.82, 2.24) is 0 Å². The number of rotatable bonds is 5. The number of anilines is 2. The quantitative estimate of drug-likeness (QED) is 0.645. The number of carbonyl (C=O) groups is 1. The molecule has 21 heavy (non-hydrogen) atoms. The van der Waals surface area contributed by atoms with E-state index in [9.17, 15) is 4.79 Å². The van der Waals surface area contributed by atoms with Crippen LogP contribution in [0, 0.1) is 5.41 Å². The number of nitrogens with one attached hydrogen (secondary N) is 1. The topological polar surface area (TPSA) is 73.6 Å². The Labute approximate surface area is 125 Å². The average Bonchev–Trinajstić information content (AvgIpc) is 2.46. The van der Waals surface area contributed by atoms with Gasteiger partial charge in [0.1, 0.15) is 0 Å². The maximum atomic E-state index is 11.5. The van der Waals surface area contributed by atoms with Gasteiger partial charge in [-0.25, -0.2) is 4.79 Å². The molecule has 1 aliphatic carbocycles. The molecule has 0 radical (unpaired) electrons. The third kappa shape index (κ3) is 2.97. The molecule has 5 nitrogen and oxygen atoms in total. The zero-order valence-electron chi connectivity index (χ0n) is 13.1. The number of hydrogen-bond acceptors (Lipinski definition) is 5. The van der Waals surface area contributed by atoms with Crippen LogP contribution in [0.3, 0.4) is 0 Å². The summed E-state index contributed by atoms with van der Waals surface area (Å²) in [5.41, 5.74) is 7.93. The van der Waals surface area contributed by atoms with Crippen molar-refractivity contribution in [3.63, 3.8) is 0 Å². The van der Waals surface area contributed by atoms with Gasteiger partial charge in [-0.3, -0.25) is 0 Å². The molecular weight excluding hydrogens is 268 g/mol. The van der Waals surface area contributed by atoms with Crippen LogP contribution < -0.4 is 11.1 Å². The van der Waals surface area contributed by atoms with E-state index in [1.54, 1.807) is 12.1 Å². The van der Waals surface area contributed by atoms with E-state index in [0.717, 1.165) is 18.7 Å². The summed E-state index contributed by atoms with van der Waals surface area (Å²) >= 11 is 0. The standard InChI is InChI=1S/C16H24N2O3/c1-5-21-14-9-13(16(14,2)3)18-12-7-6-10(8-11(12)17)15(19)20-4/h6-8,13-14,18H,5,9,17H2,1-4H3. The minimum atomic E-state index is -0.381. The fraction of sp³-hybridized carbons (Fsp3) is 0.562. The fourth-order valence-corrected chi connectivity index (χ4v) is 2.74. The van der Waals surface area contributed by atoms with Crippen molar-refractivity contribution in [3.05, 3.63) is 23.8 Å². The lowest BCUT2D eigenvalue weighted by Crippen LogP contribution is -2.58. The number of nitrogens with two attached hydrogens (primary N) is 1. The van der Waals surface area contributed by atoms with Crippen molar-refractivity contribution in [2.45, 2.75) is 39.3 Å². The van der Waals surface area contributed by atoms with E-state index < -0.39 is 0 Å². The first kappa shape index (κ1) is 15.6. The number of benzene rings is 1. The molecule has 1 fully saturated rings. The molecule has 116 valence electrons. The highest BCUT2D eigenvalue weighted by molar-refractivity contribution is 5.91. The summed E-state index contributed by atoms with van der Waals surface area (Å²) in [5, 5.41) is 3.45. The summed E-state index contributed by atoms with van der Waals surface area (Å²) in [5.74, 6) is -0.381. The largest absolute Gasteiger partial charge is 0.465 e. The van der Waals surface area contributed by atoms with Gasteiger partial charge in [-0.2, -0.15) is 0 Å². The predicted octanol–water partition coefficient (Wildman–Crippen LogP) is 2.67. The van der Waals surface area contributed by atoms with E-state index in [2.05, 4.69) is 23.9 Å². The van der Waals surface area contributed by atoms with E-state index in [0.29, 0.717) is 17.3 Å². The summed E-state index contributed by atoms with van der Waals surface area (Å²) in [6.07, 6.45) is 1.23. The van der Waals surface area contributed by atoms with Crippen molar-refractivity contribution in [3.8, 4) is 0 Å². The average molecular weight is 292 g/mol. The Morgan fingerprint density at radius 1 is 1.48 bits per heavy atom. The Balaban J connectivity index is 2.06. The molecule has 1 saturated carbocycles. The van der Waals surface area contributed by atoms with Gasteiger partial charge in [-0.05, 0) is 31.5 Å². The number of methoxy groups -OCH3 is 1. The van der Waals surface area contributed by atoms with E-state index in [-0.39, 0.29) is 17.5 Å². The van der Waals surface area contributed by atoms with Crippen molar-refractivity contribution < 1.29 is 14.3 Å². The molecule has 2 rings (SSSR count). The zero-order valence-corrected chi connectivity index (χ0v) is 13.1. The van der Waals surface area contributed by atoms with Gasteiger partial charge in [0.05, 0.1) is 30.2 Å². The molecule has 0 aromatic heterocycles. The normalized spacial score (nSPS) is 23.2. The van der Waals surface area contributed by atoms with Crippen molar-refractivity contribution in [2.24, 2.45) is 5.41 Å². The van der Waals surface area contributed by atoms with Crippen molar-refractivity contribution in [1.29, 1.82) is 0 Å². The molecule has 0 saturated heterocycles. The number of esters is 1. The van der Waals surface area contributed by atoms with Crippen LogP contribution in [-0.4, -0.2) is 31.8 Å². The lowest BCUT2D eigenvalue weighted by atomic mass is 9.64. The highest BCUT2D eigenvalue weighted by Crippen LogP contribution is 2.44. The van der Waals surface area contributed by atoms with Crippen molar-refractivity contribution >= 4 is 17.3 Å². The number of hydrogen-bond donors (Lipinski definition) is 2. The van der Waals surface area contributed by atoms with Gasteiger partial charge < -0.3 is 20.5 Å². The number of ether oxygens (including phenoxy) is 2. The summed E-state index contributed by atoms with van der Waals surface area (Å²) in [6.45, 7) is 7.12. The van der Waals surface area contributed by atoms with Gasteiger partial charge in [-0.15, -0.1) is 0 Å². The molecule has 2 atom stereocenters. The monoisotopic (exact) mass is 292 g/mol. The minimum Gasteiger partial charge on any atom is -0.465 e. The maximum absolute atomic E-state index is 11.5. The highest BCUT2D eigenvalue weighted by Gasteiger charge is 2.48. The van der Waals surface area contributed by atoms with Gasteiger partial charge in [-0.1, -0.05) is 13.8 Å². The third-order valence-corrected chi connectivity index (χ3v) is 4.35. The summed E-state index contributed by atoms with van der Waals surface area (Å²) < 4.78 is 10.4. The lowest BCUT2D eigenvalue weighted by molar-refractivity contribution is -0.0975. The molecular formula is C16H24N2O3. The van der Waals surface area contributed by atoms with E-state index in [1.165, 1.54) is 7.11 Å². The molecule has 0 heterocycles. The van der Waals surface area contributed by atoms with Crippen molar-refractivity contribution in [2.75, 3.05) is 24.8 Å².